The molecule has 0 radical (unpaired) electrons. The zero-order chi connectivity index (χ0) is 12.9. The first-order valence-electron chi connectivity index (χ1n) is 6.59. The van der Waals surface area contributed by atoms with Gasteiger partial charge in [-0.2, -0.15) is 0 Å². The second-order valence-electron chi connectivity index (χ2n) is 5.05. The Labute approximate surface area is 106 Å². The Bertz CT molecular complexity index is 316. The largest absolute Gasteiger partial charge is 0.314 e. The summed E-state index contributed by atoms with van der Waals surface area (Å²) in [5.74, 6) is 0.943. The predicted octanol–water partition coefficient (Wildman–Crippen LogP) is 0.741. The van der Waals surface area contributed by atoms with Gasteiger partial charge in [0.05, 0.1) is 5.75 Å². The van der Waals surface area contributed by atoms with E-state index in [1.807, 2.05) is 0 Å². The molecule has 0 spiro atoms. The molecule has 0 aliphatic carbocycles. The number of likely N-dealkylation sites (tertiary alicyclic amines) is 1. The van der Waals surface area contributed by atoms with E-state index in [4.69, 9.17) is 0 Å². The first kappa shape index (κ1) is 14.9. The summed E-state index contributed by atoms with van der Waals surface area (Å²) < 4.78 is 22.3. The summed E-state index contributed by atoms with van der Waals surface area (Å²) in [7, 11) is -2.83. The fraction of sp³-hybridized carbons (Fsp3) is 1.00. The van der Waals surface area contributed by atoms with Crippen molar-refractivity contribution in [1.82, 2.24) is 10.2 Å². The van der Waals surface area contributed by atoms with E-state index in [9.17, 15) is 8.42 Å². The van der Waals surface area contributed by atoms with Crippen LogP contribution in [0.2, 0.25) is 0 Å². The topological polar surface area (TPSA) is 49.4 Å². The van der Waals surface area contributed by atoms with Gasteiger partial charge in [-0.3, -0.25) is 0 Å². The molecule has 0 bridgehead atoms. The van der Waals surface area contributed by atoms with Gasteiger partial charge in [-0.1, -0.05) is 20.3 Å². The third kappa shape index (κ3) is 5.36. The van der Waals surface area contributed by atoms with Gasteiger partial charge in [0.2, 0.25) is 0 Å². The molecule has 1 rings (SSSR count). The highest BCUT2D eigenvalue weighted by atomic mass is 32.2. The predicted molar refractivity (Wildman–Crippen MR) is 72.0 cm³/mol. The van der Waals surface area contributed by atoms with Crippen molar-refractivity contribution < 1.29 is 8.42 Å². The summed E-state index contributed by atoms with van der Waals surface area (Å²) in [6.45, 7) is 8.11. The number of nitrogens with one attached hydrogen (secondary N) is 1. The molecule has 4 nitrogen and oxygen atoms in total. The normalized spacial score (nSPS) is 27.2. The van der Waals surface area contributed by atoms with Crippen LogP contribution in [0.1, 0.15) is 26.7 Å². The van der Waals surface area contributed by atoms with Crippen molar-refractivity contribution in [3.63, 3.8) is 0 Å². The first-order valence-corrected chi connectivity index (χ1v) is 8.65. The molecule has 1 aliphatic heterocycles. The van der Waals surface area contributed by atoms with Crippen LogP contribution in [0, 0.1) is 5.92 Å². The van der Waals surface area contributed by atoms with Crippen molar-refractivity contribution in [2.45, 2.75) is 32.7 Å². The van der Waals surface area contributed by atoms with Crippen molar-refractivity contribution in [3.05, 3.63) is 0 Å². The zero-order valence-electron chi connectivity index (χ0n) is 11.3. The number of hydrogen-bond donors (Lipinski definition) is 1. The lowest BCUT2D eigenvalue weighted by Gasteiger charge is -2.38. The molecule has 2 atom stereocenters. The third-order valence-corrected chi connectivity index (χ3v) is 4.51. The maximum Gasteiger partial charge on any atom is 0.148 e. The molecule has 1 N–H and O–H groups in total. The van der Waals surface area contributed by atoms with Crippen LogP contribution in [-0.2, 0) is 9.84 Å². The Hall–Kier alpha value is -0.130. The molecular weight excluding hydrogens is 236 g/mol. The lowest BCUT2D eigenvalue weighted by molar-refractivity contribution is 0.142. The van der Waals surface area contributed by atoms with Gasteiger partial charge in [-0.05, 0) is 25.4 Å². The molecule has 1 saturated heterocycles. The molecule has 0 amide bonds. The Morgan fingerprint density at radius 2 is 2.06 bits per heavy atom. The van der Waals surface area contributed by atoms with E-state index < -0.39 is 9.84 Å². The van der Waals surface area contributed by atoms with E-state index in [1.165, 1.54) is 6.26 Å². The van der Waals surface area contributed by atoms with Gasteiger partial charge in [0, 0.05) is 25.4 Å². The highest BCUT2D eigenvalue weighted by Gasteiger charge is 2.27. The summed E-state index contributed by atoms with van der Waals surface area (Å²) in [5, 5.41) is 3.53. The van der Waals surface area contributed by atoms with Crippen LogP contribution >= 0.6 is 0 Å². The fourth-order valence-electron chi connectivity index (χ4n) is 2.55. The number of nitrogens with zero attached hydrogens (tertiary/aromatic N) is 1. The van der Waals surface area contributed by atoms with Crippen molar-refractivity contribution in [1.29, 1.82) is 0 Å². The second-order valence-corrected chi connectivity index (χ2v) is 7.31. The van der Waals surface area contributed by atoms with Crippen molar-refractivity contribution in [2.24, 2.45) is 5.92 Å². The Balaban J connectivity index is 2.42. The van der Waals surface area contributed by atoms with E-state index in [2.05, 4.69) is 24.1 Å². The monoisotopic (exact) mass is 262 g/mol. The first-order chi connectivity index (χ1) is 7.96. The molecule has 1 heterocycles. The van der Waals surface area contributed by atoms with Crippen LogP contribution in [0.5, 0.6) is 0 Å². The molecule has 0 aromatic rings. The van der Waals surface area contributed by atoms with E-state index in [0.29, 0.717) is 18.5 Å². The van der Waals surface area contributed by atoms with Crippen LogP contribution in [0.3, 0.4) is 0 Å². The van der Waals surface area contributed by atoms with Crippen LogP contribution in [0.4, 0.5) is 0 Å². The molecule has 5 heteroatoms. The van der Waals surface area contributed by atoms with E-state index in [0.717, 1.165) is 32.5 Å². The maximum atomic E-state index is 11.2. The van der Waals surface area contributed by atoms with Gasteiger partial charge in [-0.15, -0.1) is 0 Å². The van der Waals surface area contributed by atoms with Gasteiger partial charge < -0.3 is 10.2 Å². The maximum absolute atomic E-state index is 11.2. The molecule has 17 heavy (non-hydrogen) atoms. The quantitative estimate of drug-likeness (QED) is 0.767. The van der Waals surface area contributed by atoms with Crippen molar-refractivity contribution in [3.8, 4) is 0 Å². The Kier molecular flexibility index (Phi) is 5.89. The van der Waals surface area contributed by atoms with Crippen LogP contribution in [-0.4, -0.2) is 57.5 Å². The highest BCUT2D eigenvalue weighted by molar-refractivity contribution is 7.90. The van der Waals surface area contributed by atoms with Crippen molar-refractivity contribution in [2.75, 3.05) is 38.2 Å². The number of sulfone groups is 1. The SMILES string of the molecule is CCNC1CCN(CCS(C)(=O)=O)CC1CC. The molecule has 1 aliphatic rings. The van der Waals surface area contributed by atoms with E-state index in [-0.39, 0.29) is 5.75 Å². The minimum Gasteiger partial charge on any atom is -0.314 e. The van der Waals surface area contributed by atoms with E-state index in [1.54, 1.807) is 0 Å². The van der Waals surface area contributed by atoms with Crippen LogP contribution in [0.25, 0.3) is 0 Å². The molecule has 0 aromatic carbocycles. The van der Waals surface area contributed by atoms with E-state index >= 15 is 0 Å². The lowest BCUT2D eigenvalue weighted by Crippen LogP contribution is -2.49. The van der Waals surface area contributed by atoms with Gasteiger partial charge >= 0.3 is 0 Å². The minimum absolute atomic E-state index is 0.287. The lowest BCUT2D eigenvalue weighted by atomic mass is 9.90. The van der Waals surface area contributed by atoms with Crippen LogP contribution < -0.4 is 5.32 Å². The summed E-state index contributed by atoms with van der Waals surface area (Å²) in [6.07, 6.45) is 3.61. The summed E-state index contributed by atoms with van der Waals surface area (Å²) in [5.41, 5.74) is 0. The number of piperidine rings is 1. The average molecular weight is 262 g/mol. The van der Waals surface area contributed by atoms with Gasteiger partial charge in [-0.25, -0.2) is 8.42 Å². The molecule has 102 valence electrons. The summed E-state index contributed by atoms with van der Waals surface area (Å²) in [6, 6.07) is 0.611. The summed E-state index contributed by atoms with van der Waals surface area (Å²) in [4.78, 5) is 2.29. The van der Waals surface area contributed by atoms with Gasteiger partial charge in [0.25, 0.3) is 0 Å². The molecule has 2 unspecified atom stereocenters. The molecule has 0 saturated carbocycles. The summed E-state index contributed by atoms with van der Waals surface area (Å²) >= 11 is 0. The fourth-order valence-corrected chi connectivity index (χ4v) is 3.14. The van der Waals surface area contributed by atoms with Crippen molar-refractivity contribution >= 4 is 9.84 Å². The standard InChI is InChI=1S/C12H26N2O2S/c1-4-11-10-14(8-9-17(3,15)16)7-6-12(11)13-5-2/h11-13H,4-10H2,1-3H3. The highest BCUT2D eigenvalue weighted by Crippen LogP contribution is 2.20. The number of rotatable bonds is 6. The van der Waals surface area contributed by atoms with Gasteiger partial charge in [0.1, 0.15) is 9.84 Å². The van der Waals surface area contributed by atoms with Crippen LogP contribution in [0.15, 0.2) is 0 Å². The molecular formula is C12H26N2O2S. The second kappa shape index (κ2) is 6.71. The number of hydrogen-bond acceptors (Lipinski definition) is 4. The molecule has 0 aromatic heterocycles. The Morgan fingerprint density at radius 3 is 2.59 bits per heavy atom. The Morgan fingerprint density at radius 1 is 1.35 bits per heavy atom. The minimum atomic E-state index is -2.83. The van der Waals surface area contributed by atoms with Gasteiger partial charge in [0.15, 0.2) is 0 Å². The molecule has 1 fully saturated rings. The zero-order valence-corrected chi connectivity index (χ0v) is 12.1. The smallest absolute Gasteiger partial charge is 0.148 e. The average Bonchev–Trinajstić information content (AvgIpc) is 2.27. The third-order valence-electron chi connectivity index (χ3n) is 3.59.